The van der Waals surface area contributed by atoms with Crippen LogP contribution in [0, 0.1) is 0 Å². The van der Waals surface area contributed by atoms with E-state index in [4.69, 9.17) is 4.42 Å². The van der Waals surface area contributed by atoms with Crippen molar-refractivity contribution in [3.05, 3.63) is 48.0 Å². The first-order valence-electron chi connectivity index (χ1n) is 11.3. The van der Waals surface area contributed by atoms with Gasteiger partial charge in [0.1, 0.15) is 11.2 Å². The molecule has 1 aromatic heterocycles. The van der Waals surface area contributed by atoms with Gasteiger partial charge in [-0.3, -0.25) is 0 Å². The summed E-state index contributed by atoms with van der Waals surface area (Å²) in [6, 6.07) is 15.1. The Balaban J connectivity index is 1.30. The molecule has 1 heteroatoms. The molecule has 0 aliphatic carbocycles. The van der Waals surface area contributed by atoms with Gasteiger partial charge in [0.05, 0.1) is 0 Å². The first-order chi connectivity index (χ1) is 13.4. The summed E-state index contributed by atoms with van der Waals surface area (Å²) in [5.74, 6) is 0. The Kier molecular flexibility index (Phi) is 8.27. The number of furan rings is 1. The number of fused-ring (bicyclic) bond motifs is 3. The smallest absolute Gasteiger partial charge is 0.135 e. The highest BCUT2D eigenvalue weighted by atomic mass is 16.3. The quantitative estimate of drug-likeness (QED) is 0.276. The fraction of sp³-hybridized carbons (Fsp3) is 0.538. The molecular weight excluding hydrogens is 328 g/mol. The van der Waals surface area contributed by atoms with Crippen LogP contribution in [-0.4, -0.2) is 0 Å². The van der Waals surface area contributed by atoms with Crippen LogP contribution in [0.25, 0.3) is 21.9 Å². The Labute approximate surface area is 165 Å². The van der Waals surface area contributed by atoms with E-state index in [1.54, 1.807) is 0 Å². The van der Waals surface area contributed by atoms with E-state index in [0.29, 0.717) is 0 Å². The van der Waals surface area contributed by atoms with Gasteiger partial charge in [0.25, 0.3) is 0 Å². The summed E-state index contributed by atoms with van der Waals surface area (Å²) >= 11 is 0. The maximum atomic E-state index is 5.92. The number of hydrogen-bond donors (Lipinski definition) is 0. The van der Waals surface area contributed by atoms with Crippen molar-refractivity contribution in [2.24, 2.45) is 0 Å². The van der Waals surface area contributed by atoms with E-state index >= 15 is 0 Å². The topological polar surface area (TPSA) is 13.1 Å². The molecule has 0 spiro atoms. The van der Waals surface area contributed by atoms with E-state index in [9.17, 15) is 0 Å². The van der Waals surface area contributed by atoms with Gasteiger partial charge in [0.2, 0.25) is 0 Å². The van der Waals surface area contributed by atoms with Gasteiger partial charge in [-0.05, 0) is 36.6 Å². The largest absolute Gasteiger partial charge is 0.456 e. The van der Waals surface area contributed by atoms with Gasteiger partial charge in [-0.2, -0.15) is 0 Å². The second kappa shape index (κ2) is 11.2. The van der Waals surface area contributed by atoms with Crippen LogP contribution < -0.4 is 0 Å². The SMILES string of the molecule is CCCCCCCCCCCCCCc1ccc2oc3ccccc3c2c1. The zero-order valence-corrected chi connectivity index (χ0v) is 17.1. The Bertz CT molecular complexity index is 798. The third-order valence-electron chi connectivity index (χ3n) is 5.76. The summed E-state index contributed by atoms with van der Waals surface area (Å²) in [5, 5.41) is 2.51. The first-order valence-corrected chi connectivity index (χ1v) is 11.3. The van der Waals surface area contributed by atoms with E-state index in [-0.39, 0.29) is 0 Å². The van der Waals surface area contributed by atoms with Crippen LogP contribution in [0.2, 0.25) is 0 Å². The highest BCUT2D eigenvalue weighted by molar-refractivity contribution is 6.04. The molecule has 0 saturated heterocycles. The summed E-state index contributed by atoms with van der Waals surface area (Å²) in [6.45, 7) is 2.29. The van der Waals surface area contributed by atoms with Gasteiger partial charge in [0, 0.05) is 10.8 Å². The molecule has 0 atom stereocenters. The molecule has 0 aliphatic rings. The molecule has 0 fully saturated rings. The molecule has 0 bridgehead atoms. The molecule has 0 radical (unpaired) electrons. The maximum Gasteiger partial charge on any atom is 0.135 e. The molecule has 3 aromatic rings. The molecule has 146 valence electrons. The van der Waals surface area contributed by atoms with Gasteiger partial charge >= 0.3 is 0 Å². The lowest BCUT2D eigenvalue weighted by atomic mass is 10.0. The standard InChI is InChI=1S/C26H36O/c1-2-3-4-5-6-7-8-9-10-11-12-13-16-22-19-20-26-24(21-22)23-17-14-15-18-25(23)27-26/h14-15,17-21H,2-13,16H2,1H3. The zero-order chi connectivity index (χ0) is 18.7. The van der Waals surface area contributed by atoms with E-state index in [1.807, 2.05) is 6.07 Å². The molecule has 2 aromatic carbocycles. The summed E-state index contributed by atoms with van der Waals surface area (Å²) in [6.07, 6.45) is 18.1. The molecular formula is C26H36O. The zero-order valence-electron chi connectivity index (χ0n) is 17.1. The highest BCUT2D eigenvalue weighted by Crippen LogP contribution is 2.29. The predicted molar refractivity (Wildman–Crippen MR) is 119 cm³/mol. The first kappa shape index (κ1) is 20.0. The highest BCUT2D eigenvalue weighted by Gasteiger charge is 2.06. The number of rotatable bonds is 13. The van der Waals surface area contributed by atoms with Crippen LogP contribution in [0.1, 0.15) is 89.5 Å². The van der Waals surface area contributed by atoms with Crippen molar-refractivity contribution in [2.45, 2.75) is 90.4 Å². The van der Waals surface area contributed by atoms with Crippen molar-refractivity contribution >= 4 is 21.9 Å². The molecule has 3 rings (SSSR count). The second-order valence-electron chi connectivity index (χ2n) is 8.07. The average molecular weight is 365 g/mol. The molecule has 0 saturated carbocycles. The van der Waals surface area contributed by atoms with Crippen LogP contribution >= 0.6 is 0 Å². The Hall–Kier alpha value is -1.76. The van der Waals surface area contributed by atoms with Crippen molar-refractivity contribution in [1.82, 2.24) is 0 Å². The average Bonchev–Trinajstić information content (AvgIpc) is 3.07. The number of unbranched alkanes of at least 4 members (excludes halogenated alkanes) is 11. The summed E-state index contributed by atoms with van der Waals surface area (Å²) in [5.41, 5.74) is 3.45. The molecule has 0 N–H and O–H groups in total. The fourth-order valence-corrected chi connectivity index (χ4v) is 4.10. The third kappa shape index (κ3) is 6.13. The predicted octanol–water partition coefficient (Wildman–Crippen LogP) is 8.83. The van der Waals surface area contributed by atoms with E-state index < -0.39 is 0 Å². The van der Waals surface area contributed by atoms with Crippen LogP contribution in [0.5, 0.6) is 0 Å². The lowest BCUT2D eigenvalue weighted by molar-refractivity contribution is 0.544. The molecule has 0 amide bonds. The summed E-state index contributed by atoms with van der Waals surface area (Å²) in [4.78, 5) is 0. The molecule has 1 heterocycles. The van der Waals surface area contributed by atoms with Crippen molar-refractivity contribution < 1.29 is 4.42 Å². The fourth-order valence-electron chi connectivity index (χ4n) is 4.10. The third-order valence-corrected chi connectivity index (χ3v) is 5.76. The minimum atomic E-state index is 0.995. The summed E-state index contributed by atoms with van der Waals surface area (Å²) < 4.78 is 5.92. The van der Waals surface area contributed by atoms with E-state index in [2.05, 4.69) is 43.3 Å². The molecule has 27 heavy (non-hydrogen) atoms. The minimum absolute atomic E-state index is 0.995. The Morgan fingerprint density at radius 1 is 0.593 bits per heavy atom. The van der Waals surface area contributed by atoms with Crippen LogP contribution in [0.4, 0.5) is 0 Å². The van der Waals surface area contributed by atoms with Crippen LogP contribution in [-0.2, 0) is 6.42 Å². The lowest BCUT2D eigenvalue weighted by Crippen LogP contribution is -1.87. The lowest BCUT2D eigenvalue weighted by Gasteiger charge is -2.04. The van der Waals surface area contributed by atoms with Gasteiger partial charge in [0.15, 0.2) is 0 Å². The van der Waals surface area contributed by atoms with E-state index in [1.165, 1.54) is 99.8 Å². The summed E-state index contributed by atoms with van der Waals surface area (Å²) in [7, 11) is 0. The maximum absolute atomic E-state index is 5.92. The number of para-hydroxylation sites is 1. The Morgan fingerprint density at radius 2 is 1.19 bits per heavy atom. The molecule has 0 aliphatic heterocycles. The van der Waals surface area contributed by atoms with Gasteiger partial charge < -0.3 is 4.42 Å². The van der Waals surface area contributed by atoms with Crippen molar-refractivity contribution in [3.8, 4) is 0 Å². The monoisotopic (exact) mass is 364 g/mol. The molecule has 0 unspecified atom stereocenters. The van der Waals surface area contributed by atoms with Crippen LogP contribution in [0.15, 0.2) is 46.9 Å². The molecule has 1 nitrogen and oxygen atoms in total. The van der Waals surface area contributed by atoms with Gasteiger partial charge in [-0.15, -0.1) is 0 Å². The van der Waals surface area contributed by atoms with Gasteiger partial charge in [-0.25, -0.2) is 0 Å². The van der Waals surface area contributed by atoms with Gasteiger partial charge in [-0.1, -0.05) is 102 Å². The van der Waals surface area contributed by atoms with Crippen molar-refractivity contribution in [2.75, 3.05) is 0 Å². The second-order valence-corrected chi connectivity index (χ2v) is 8.07. The minimum Gasteiger partial charge on any atom is -0.456 e. The number of aryl methyl sites for hydroxylation is 1. The number of benzene rings is 2. The van der Waals surface area contributed by atoms with Crippen molar-refractivity contribution in [3.63, 3.8) is 0 Å². The van der Waals surface area contributed by atoms with Crippen molar-refractivity contribution in [1.29, 1.82) is 0 Å². The van der Waals surface area contributed by atoms with E-state index in [0.717, 1.165) is 11.2 Å². The Morgan fingerprint density at radius 3 is 1.89 bits per heavy atom. The number of hydrogen-bond acceptors (Lipinski definition) is 1. The van der Waals surface area contributed by atoms with Crippen LogP contribution in [0.3, 0.4) is 0 Å². The normalized spacial score (nSPS) is 11.6.